The molecule has 1 aromatic rings. The number of halogens is 2. The summed E-state index contributed by atoms with van der Waals surface area (Å²) < 4.78 is 25.0. The van der Waals surface area contributed by atoms with Crippen LogP contribution in [0.2, 0.25) is 0 Å². The molecule has 0 aliphatic heterocycles. The number of carboxylic acid groups (broad SMARTS) is 1. The maximum absolute atomic E-state index is 12.5. The van der Waals surface area contributed by atoms with Gasteiger partial charge in [-0.25, -0.2) is 4.79 Å². The van der Waals surface area contributed by atoms with Gasteiger partial charge >= 0.3 is 11.9 Å². The number of hydrogen-bond acceptors (Lipinski definition) is 2. The molecule has 0 amide bonds. The molecule has 11 heavy (non-hydrogen) atoms. The van der Waals surface area contributed by atoms with E-state index in [0.717, 1.165) is 17.4 Å². The third kappa shape index (κ3) is 1.37. The van der Waals surface area contributed by atoms with Gasteiger partial charge in [-0.3, -0.25) is 0 Å². The summed E-state index contributed by atoms with van der Waals surface area (Å²) in [5.41, 5.74) is 0. The monoisotopic (exact) mass is 178 g/mol. The average molecular weight is 178 g/mol. The molecule has 1 aromatic heterocycles. The summed E-state index contributed by atoms with van der Waals surface area (Å²) in [7, 11) is 0. The fourth-order valence-corrected chi connectivity index (χ4v) is 1.26. The molecule has 0 atom stereocenters. The molecule has 0 radical (unpaired) electrons. The standard InChI is InChI=1S/C6H4F2O2S/c7-6(8,5(9)10)4-2-1-3-11-4/h1-3H,(H,9,10). The first-order valence-corrected chi connectivity index (χ1v) is 3.58. The Morgan fingerprint density at radius 1 is 1.64 bits per heavy atom. The van der Waals surface area contributed by atoms with Crippen molar-refractivity contribution in [3.05, 3.63) is 22.4 Å². The Hall–Kier alpha value is -0.970. The van der Waals surface area contributed by atoms with Gasteiger partial charge in [0.15, 0.2) is 0 Å². The number of rotatable bonds is 2. The van der Waals surface area contributed by atoms with Crippen molar-refractivity contribution >= 4 is 17.3 Å². The number of thiophene rings is 1. The fourth-order valence-electron chi connectivity index (χ4n) is 0.563. The maximum atomic E-state index is 12.5. The van der Waals surface area contributed by atoms with E-state index in [4.69, 9.17) is 5.11 Å². The third-order valence-corrected chi connectivity index (χ3v) is 2.04. The molecule has 1 heterocycles. The summed E-state index contributed by atoms with van der Waals surface area (Å²) in [4.78, 5) is 9.54. The highest BCUT2D eigenvalue weighted by atomic mass is 32.1. The van der Waals surface area contributed by atoms with Crippen molar-refractivity contribution in [2.75, 3.05) is 0 Å². The van der Waals surface area contributed by atoms with Gasteiger partial charge in [-0.1, -0.05) is 6.07 Å². The molecule has 0 fully saturated rings. The van der Waals surface area contributed by atoms with Gasteiger partial charge in [0.2, 0.25) is 0 Å². The highest BCUT2D eigenvalue weighted by Gasteiger charge is 2.41. The fraction of sp³-hybridized carbons (Fsp3) is 0.167. The van der Waals surface area contributed by atoms with Crippen LogP contribution in [0.15, 0.2) is 17.5 Å². The second-order valence-electron chi connectivity index (χ2n) is 1.86. The molecule has 0 unspecified atom stereocenters. The van der Waals surface area contributed by atoms with Crippen molar-refractivity contribution in [3.63, 3.8) is 0 Å². The first-order valence-electron chi connectivity index (χ1n) is 2.70. The van der Waals surface area contributed by atoms with Gasteiger partial charge in [-0.05, 0) is 11.4 Å². The van der Waals surface area contributed by atoms with Crippen LogP contribution in [0.5, 0.6) is 0 Å². The van der Waals surface area contributed by atoms with Crippen molar-refractivity contribution in [2.45, 2.75) is 5.92 Å². The Morgan fingerprint density at radius 2 is 2.27 bits per heavy atom. The topological polar surface area (TPSA) is 37.3 Å². The zero-order valence-electron chi connectivity index (χ0n) is 5.25. The maximum Gasteiger partial charge on any atom is 0.380 e. The summed E-state index contributed by atoms with van der Waals surface area (Å²) >= 11 is 0.727. The van der Waals surface area contributed by atoms with Crippen molar-refractivity contribution in [1.29, 1.82) is 0 Å². The largest absolute Gasteiger partial charge is 0.477 e. The molecule has 1 rings (SSSR count). The van der Waals surface area contributed by atoms with E-state index in [1.165, 1.54) is 11.4 Å². The third-order valence-electron chi connectivity index (χ3n) is 1.10. The lowest BCUT2D eigenvalue weighted by Crippen LogP contribution is -2.23. The molecule has 0 bridgehead atoms. The lowest BCUT2D eigenvalue weighted by molar-refractivity contribution is -0.165. The van der Waals surface area contributed by atoms with Crippen LogP contribution in [0.4, 0.5) is 8.78 Å². The van der Waals surface area contributed by atoms with E-state index in [0.29, 0.717) is 0 Å². The molecule has 60 valence electrons. The molecular formula is C6H4F2O2S. The molecule has 1 N–H and O–H groups in total. The summed E-state index contributed by atoms with van der Waals surface area (Å²) in [6.07, 6.45) is 0. The van der Waals surface area contributed by atoms with Crippen LogP contribution in [-0.2, 0) is 10.7 Å². The zero-order chi connectivity index (χ0) is 8.48. The molecular weight excluding hydrogens is 174 g/mol. The highest BCUT2D eigenvalue weighted by Crippen LogP contribution is 2.31. The van der Waals surface area contributed by atoms with E-state index in [1.807, 2.05) is 0 Å². The number of carbonyl (C=O) groups is 1. The SMILES string of the molecule is O=C(O)C(F)(F)c1cccs1. The molecule has 0 aliphatic rings. The van der Waals surface area contributed by atoms with E-state index >= 15 is 0 Å². The minimum absolute atomic E-state index is 0.440. The molecule has 0 spiro atoms. The minimum atomic E-state index is -3.74. The predicted octanol–water partition coefficient (Wildman–Crippen LogP) is 1.92. The average Bonchev–Trinajstić information content (AvgIpc) is 2.37. The van der Waals surface area contributed by atoms with Crippen LogP contribution in [0.25, 0.3) is 0 Å². The first-order chi connectivity index (χ1) is 5.05. The Kier molecular flexibility index (Phi) is 1.90. The van der Waals surface area contributed by atoms with Gasteiger partial charge < -0.3 is 5.11 Å². The van der Waals surface area contributed by atoms with Gasteiger partial charge in [-0.2, -0.15) is 8.78 Å². The molecule has 0 aromatic carbocycles. The van der Waals surface area contributed by atoms with Crippen LogP contribution < -0.4 is 0 Å². The summed E-state index contributed by atoms with van der Waals surface area (Å²) in [6, 6.07) is 2.48. The highest BCUT2D eigenvalue weighted by molar-refractivity contribution is 7.10. The van der Waals surface area contributed by atoms with Crippen molar-refractivity contribution in [1.82, 2.24) is 0 Å². The summed E-state index contributed by atoms with van der Waals surface area (Å²) in [5, 5.41) is 9.48. The smallest absolute Gasteiger partial charge is 0.380 e. The molecule has 0 aliphatic carbocycles. The molecule has 0 saturated heterocycles. The second kappa shape index (κ2) is 2.58. The van der Waals surface area contributed by atoms with Crippen LogP contribution >= 0.6 is 11.3 Å². The molecule has 5 heteroatoms. The summed E-state index contributed by atoms with van der Waals surface area (Å²) in [6.45, 7) is 0. The van der Waals surface area contributed by atoms with Crippen LogP contribution in [-0.4, -0.2) is 11.1 Å². The van der Waals surface area contributed by atoms with E-state index in [2.05, 4.69) is 0 Å². The van der Waals surface area contributed by atoms with Crippen LogP contribution in [0.3, 0.4) is 0 Å². The van der Waals surface area contributed by atoms with Gasteiger partial charge in [-0.15, -0.1) is 11.3 Å². The second-order valence-corrected chi connectivity index (χ2v) is 2.80. The Balaban J connectivity index is 3.00. The quantitative estimate of drug-likeness (QED) is 0.751. The van der Waals surface area contributed by atoms with Gasteiger partial charge in [0, 0.05) is 0 Å². The Bertz CT molecular complexity index is 256. The van der Waals surface area contributed by atoms with Crippen molar-refractivity contribution in [2.24, 2.45) is 0 Å². The number of carboxylic acids is 1. The van der Waals surface area contributed by atoms with E-state index in [-0.39, 0.29) is 0 Å². The number of alkyl halides is 2. The number of aliphatic carboxylic acids is 1. The Morgan fingerprint density at radius 3 is 2.64 bits per heavy atom. The first kappa shape index (κ1) is 8.13. The minimum Gasteiger partial charge on any atom is -0.477 e. The van der Waals surface area contributed by atoms with E-state index < -0.39 is 16.8 Å². The van der Waals surface area contributed by atoms with Crippen molar-refractivity contribution in [3.8, 4) is 0 Å². The molecule has 2 nitrogen and oxygen atoms in total. The predicted molar refractivity (Wildman–Crippen MR) is 35.8 cm³/mol. The van der Waals surface area contributed by atoms with Crippen LogP contribution in [0, 0.1) is 0 Å². The summed E-state index contributed by atoms with van der Waals surface area (Å²) in [5.74, 6) is -5.85. The zero-order valence-corrected chi connectivity index (χ0v) is 6.07. The lowest BCUT2D eigenvalue weighted by atomic mass is 10.3. The van der Waals surface area contributed by atoms with Crippen molar-refractivity contribution < 1.29 is 18.7 Å². The van der Waals surface area contributed by atoms with E-state index in [9.17, 15) is 13.6 Å². The van der Waals surface area contributed by atoms with Crippen LogP contribution in [0.1, 0.15) is 4.88 Å². The van der Waals surface area contributed by atoms with Gasteiger partial charge in [0.05, 0.1) is 4.88 Å². The molecule has 0 saturated carbocycles. The van der Waals surface area contributed by atoms with Gasteiger partial charge in [0.25, 0.3) is 0 Å². The lowest BCUT2D eigenvalue weighted by Gasteiger charge is -2.06. The Labute approximate surface area is 65.1 Å². The van der Waals surface area contributed by atoms with E-state index in [1.54, 1.807) is 0 Å². The normalized spacial score (nSPS) is 11.5. The van der Waals surface area contributed by atoms with Gasteiger partial charge in [0.1, 0.15) is 0 Å². The number of hydrogen-bond donors (Lipinski definition) is 1.